The number of halogens is 1. The molecule has 0 saturated heterocycles. The average molecular weight is 280 g/mol. The SMILES string of the molecule is COc1ccc2nc(C(C)Cl)n(CC3CC3C)c2n1. The van der Waals surface area contributed by atoms with Gasteiger partial charge in [0, 0.05) is 12.6 Å². The minimum atomic E-state index is -0.116. The Balaban J connectivity index is 2.09. The predicted molar refractivity (Wildman–Crippen MR) is 75.6 cm³/mol. The average Bonchev–Trinajstić information content (AvgIpc) is 2.96. The molecule has 0 aliphatic heterocycles. The van der Waals surface area contributed by atoms with Crippen molar-refractivity contribution in [3.8, 4) is 5.88 Å². The van der Waals surface area contributed by atoms with Crippen molar-refractivity contribution in [3.63, 3.8) is 0 Å². The standard InChI is InChI=1S/C14H18ClN3O/c1-8-6-10(8)7-18-13(9(2)15)16-11-4-5-12(19-3)17-14(11)18/h4-5,8-10H,6-7H2,1-3H3. The first-order valence-electron chi connectivity index (χ1n) is 6.65. The van der Waals surface area contributed by atoms with Crippen molar-refractivity contribution in [1.29, 1.82) is 0 Å². The highest BCUT2D eigenvalue weighted by Gasteiger charge is 2.34. The van der Waals surface area contributed by atoms with E-state index in [2.05, 4.69) is 21.5 Å². The van der Waals surface area contributed by atoms with E-state index in [0.717, 1.165) is 35.4 Å². The van der Waals surface area contributed by atoms with E-state index in [9.17, 15) is 0 Å². The fourth-order valence-corrected chi connectivity index (χ4v) is 2.65. The summed E-state index contributed by atoms with van der Waals surface area (Å²) in [5.74, 6) is 3.03. The lowest BCUT2D eigenvalue weighted by Gasteiger charge is -2.09. The second kappa shape index (κ2) is 4.67. The molecule has 5 heteroatoms. The molecular formula is C14H18ClN3O. The van der Waals surface area contributed by atoms with Gasteiger partial charge in [-0.1, -0.05) is 6.92 Å². The molecule has 3 atom stereocenters. The largest absolute Gasteiger partial charge is 0.481 e. The van der Waals surface area contributed by atoms with Crippen molar-refractivity contribution in [3.05, 3.63) is 18.0 Å². The first-order valence-corrected chi connectivity index (χ1v) is 7.09. The number of hydrogen-bond acceptors (Lipinski definition) is 3. The molecule has 1 fully saturated rings. The zero-order valence-electron chi connectivity index (χ0n) is 11.4. The Labute approximate surface area is 117 Å². The molecule has 2 aromatic heterocycles. The van der Waals surface area contributed by atoms with Gasteiger partial charge in [0.1, 0.15) is 11.3 Å². The van der Waals surface area contributed by atoms with Gasteiger partial charge in [0.25, 0.3) is 0 Å². The normalized spacial score (nSPS) is 23.6. The fraction of sp³-hybridized carbons (Fsp3) is 0.571. The summed E-state index contributed by atoms with van der Waals surface area (Å²) in [6.07, 6.45) is 1.28. The van der Waals surface area contributed by atoms with Crippen LogP contribution in [0.4, 0.5) is 0 Å². The molecule has 3 unspecified atom stereocenters. The van der Waals surface area contributed by atoms with Crippen LogP contribution in [0, 0.1) is 11.8 Å². The van der Waals surface area contributed by atoms with Crippen molar-refractivity contribution in [2.24, 2.45) is 11.8 Å². The Hall–Kier alpha value is -1.29. The molecule has 0 radical (unpaired) electrons. The lowest BCUT2D eigenvalue weighted by atomic mass is 10.3. The Kier molecular flexibility index (Phi) is 3.13. The summed E-state index contributed by atoms with van der Waals surface area (Å²) < 4.78 is 7.36. The molecule has 0 amide bonds. The molecule has 0 spiro atoms. The van der Waals surface area contributed by atoms with Crippen molar-refractivity contribution < 1.29 is 4.74 Å². The quantitative estimate of drug-likeness (QED) is 0.806. The van der Waals surface area contributed by atoms with Crippen molar-refractivity contribution in [1.82, 2.24) is 14.5 Å². The second-order valence-corrected chi connectivity index (χ2v) is 6.02. The van der Waals surface area contributed by atoms with Crippen LogP contribution in [0.1, 0.15) is 31.5 Å². The minimum Gasteiger partial charge on any atom is -0.481 e. The van der Waals surface area contributed by atoms with Crippen LogP contribution in [0.3, 0.4) is 0 Å². The van der Waals surface area contributed by atoms with Gasteiger partial charge in [-0.25, -0.2) is 4.98 Å². The summed E-state index contributed by atoms with van der Waals surface area (Å²) >= 11 is 6.25. The van der Waals surface area contributed by atoms with E-state index in [1.165, 1.54) is 6.42 Å². The number of imidazole rings is 1. The van der Waals surface area contributed by atoms with Crippen LogP contribution in [0.15, 0.2) is 12.1 Å². The molecule has 1 aliphatic carbocycles. The number of alkyl halides is 1. The molecule has 3 rings (SSSR count). The van der Waals surface area contributed by atoms with E-state index >= 15 is 0 Å². The van der Waals surface area contributed by atoms with Crippen molar-refractivity contribution >= 4 is 22.8 Å². The molecule has 2 heterocycles. The third-order valence-electron chi connectivity index (χ3n) is 3.85. The fourth-order valence-electron chi connectivity index (χ4n) is 2.49. The number of rotatable bonds is 4. The van der Waals surface area contributed by atoms with E-state index in [4.69, 9.17) is 16.3 Å². The molecule has 4 nitrogen and oxygen atoms in total. The maximum atomic E-state index is 6.25. The van der Waals surface area contributed by atoms with E-state index < -0.39 is 0 Å². The molecule has 0 bridgehead atoms. The van der Waals surface area contributed by atoms with Crippen molar-refractivity contribution in [2.45, 2.75) is 32.2 Å². The van der Waals surface area contributed by atoms with Gasteiger partial charge >= 0.3 is 0 Å². The van der Waals surface area contributed by atoms with Gasteiger partial charge in [0.2, 0.25) is 5.88 Å². The Morgan fingerprint density at radius 1 is 1.47 bits per heavy atom. The molecule has 1 saturated carbocycles. The van der Waals surface area contributed by atoms with E-state index in [1.807, 2.05) is 19.1 Å². The Morgan fingerprint density at radius 3 is 2.79 bits per heavy atom. The molecule has 19 heavy (non-hydrogen) atoms. The van der Waals surface area contributed by atoms with Gasteiger partial charge in [-0.15, -0.1) is 11.6 Å². The Morgan fingerprint density at radius 2 is 2.21 bits per heavy atom. The zero-order chi connectivity index (χ0) is 13.6. The molecule has 102 valence electrons. The third kappa shape index (κ3) is 2.29. The van der Waals surface area contributed by atoms with Gasteiger partial charge < -0.3 is 9.30 Å². The maximum absolute atomic E-state index is 6.25. The van der Waals surface area contributed by atoms with Crippen LogP contribution in [0.25, 0.3) is 11.2 Å². The number of ether oxygens (including phenoxy) is 1. The lowest BCUT2D eigenvalue weighted by Crippen LogP contribution is -2.07. The summed E-state index contributed by atoms with van der Waals surface area (Å²) in [5.41, 5.74) is 1.76. The van der Waals surface area contributed by atoms with Gasteiger partial charge in [0.15, 0.2) is 5.65 Å². The smallest absolute Gasteiger partial charge is 0.215 e. The summed E-state index contributed by atoms with van der Waals surface area (Å²) in [7, 11) is 1.63. The minimum absolute atomic E-state index is 0.116. The first-order chi connectivity index (χ1) is 9.10. The van der Waals surface area contributed by atoms with E-state index in [1.54, 1.807) is 7.11 Å². The van der Waals surface area contributed by atoms with Crippen LogP contribution in [-0.4, -0.2) is 21.6 Å². The monoisotopic (exact) mass is 279 g/mol. The summed E-state index contributed by atoms with van der Waals surface area (Å²) in [4.78, 5) is 9.13. The topological polar surface area (TPSA) is 39.9 Å². The number of pyridine rings is 1. The van der Waals surface area contributed by atoms with Crippen LogP contribution < -0.4 is 4.74 Å². The summed E-state index contributed by atoms with van der Waals surface area (Å²) in [6, 6.07) is 3.78. The molecule has 0 N–H and O–H groups in total. The number of methoxy groups -OCH3 is 1. The van der Waals surface area contributed by atoms with Gasteiger partial charge in [0.05, 0.1) is 12.5 Å². The van der Waals surface area contributed by atoms with Gasteiger partial charge in [-0.3, -0.25) is 0 Å². The summed E-state index contributed by atoms with van der Waals surface area (Å²) in [5, 5.41) is -0.116. The maximum Gasteiger partial charge on any atom is 0.215 e. The van der Waals surface area contributed by atoms with Crippen LogP contribution in [0.2, 0.25) is 0 Å². The highest BCUT2D eigenvalue weighted by molar-refractivity contribution is 6.20. The Bertz CT molecular complexity index is 608. The van der Waals surface area contributed by atoms with E-state index in [0.29, 0.717) is 5.88 Å². The van der Waals surface area contributed by atoms with Crippen LogP contribution in [0.5, 0.6) is 5.88 Å². The van der Waals surface area contributed by atoms with Gasteiger partial charge in [-0.2, -0.15) is 4.98 Å². The van der Waals surface area contributed by atoms with Crippen LogP contribution in [-0.2, 0) is 6.54 Å². The summed E-state index contributed by atoms with van der Waals surface area (Å²) in [6.45, 7) is 5.18. The highest BCUT2D eigenvalue weighted by atomic mass is 35.5. The molecule has 2 aromatic rings. The number of fused-ring (bicyclic) bond motifs is 1. The van der Waals surface area contributed by atoms with Crippen molar-refractivity contribution in [2.75, 3.05) is 7.11 Å². The number of hydrogen-bond donors (Lipinski definition) is 0. The first kappa shape index (κ1) is 12.7. The predicted octanol–water partition coefficient (Wildman–Crippen LogP) is 3.40. The van der Waals surface area contributed by atoms with Crippen LogP contribution >= 0.6 is 11.6 Å². The van der Waals surface area contributed by atoms with E-state index in [-0.39, 0.29) is 5.38 Å². The second-order valence-electron chi connectivity index (χ2n) is 5.37. The number of aromatic nitrogens is 3. The highest BCUT2D eigenvalue weighted by Crippen LogP contribution is 2.40. The molecule has 0 aromatic carbocycles. The zero-order valence-corrected chi connectivity index (χ0v) is 12.2. The number of nitrogens with zero attached hydrogens (tertiary/aromatic N) is 3. The third-order valence-corrected chi connectivity index (χ3v) is 4.05. The lowest BCUT2D eigenvalue weighted by molar-refractivity contribution is 0.398. The van der Waals surface area contributed by atoms with Gasteiger partial charge in [-0.05, 0) is 31.2 Å². The molecule has 1 aliphatic rings. The molecular weight excluding hydrogens is 262 g/mol.